The highest BCUT2D eigenvalue weighted by Crippen LogP contribution is 2.24. The molecular weight excluding hydrogens is 316 g/mol. The fourth-order valence-electron chi connectivity index (χ4n) is 2.98. The minimum Gasteiger partial charge on any atom is -0.497 e. The molecule has 6 nitrogen and oxygen atoms in total. The van der Waals surface area contributed by atoms with Gasteiger partial charge in [-0.2, -0.15) is 0 Å². The summed E-state index contributed by atoms with van der Waals surface area (Å²) in [6, 6.07) is 8.09. The topological polar surface area (TPSA) is 59.4 Å². The van der Waals surface area contributed by atoms with E-state index in [2.05, 4.69) is 28.5 Å². The molecule has 132 valence electrons. The monoisotopic (exact) mass is 340 g/mol. The number of rotatable bonds is 5. The first-order valence-corrected chi connectivity index (χ1v) is 8.50. The van der Waals surface area contributed by atoms with Crippen LogP contribution in [-0.2, 0) is 6.54 Å². The number of urea groups is 1. The smallest absolute Gasteiger partial charge is 0.317 e. The number of hydrogen-bond donors (Lipinski definition) is 1. The fraction of sp³-hybridized carbons (Fsp3) is 0.368. The van der Waals surface area contributed by atoms with Crippen molar-refractivity contribution in [2.75, 3.05) is 20.2 Å². The number of imidazole rings is 1. The van der Waals surface area contributed by atoms with E-state index in [0.717, 1.165) is 18.7 Å². The molecule has 2 heterocycles. The summed E-state index contributed by atoms with van der Waals surface area (Å²) in [6.45, 7) is 4.07. The van der Waals surface area contributed by atoms with E-state index in [1.54, 1.807) is 19.6 Å². The van der Waals surface area contributed by atoms with Gasteiger partial charge in [0.2, 0.25) is 0 Å². The molecule has 0 radical (unpaired) electrons. The summed E-state index contributed by atoms with van der Waals surface area (Å²) in [4.78, 5) is 18.3. The Morgan fingerprint density at radius 1 is 1.36 bits per heavy atom. The van der Waals surface area contributed by atoms with Crippen molar-refractivity contribution in [3.63, 3.8) is 0 Å². The average molecular weight is 340 g/mol. The maximum absolute atomic E-state index is 12.4. The van der Waals surface area contributed by atoms with E-state index in [9.17, 15) is 4.79 Å². The molecule has 1 N–H and O–H groups in total. The van der Waals surface area contributed by atoms with Crippen LogP contribution < -0.4 is 10.1 Å². The lowest BCUT2D eigenvalue weighted by Gasteiger charge is -2.28. The van der Waals surface area contributed by atoms with Crippen molar-refractivity contribution in [1.82, 2.24) is 19.8 Å². The fourth-order valence-corrected chi connectivity index (χ4v) is 2.98. The van der Waals surface area contributed by atoms with Crippen LogP contribution in [0, 0.1) is 0 Å². The first-order valence-electron chi connectivity index (χ1n) is 8.50. The van der Waals surface area contributed by atoms with Crippen LogP contribution in [0.1, 0.15) is 18.9 Å². The molecule has 0 unspecified atom stereocenters. The number of ether oxygens (including phenoxy) is 1. The maximum Gasteiger partial charge on any atom is 0.317 e. The summed E-state index contributed by atoms with van der Waals surface area (Å²) in [5, 5.41) is 3.05. The predicted octanol–water partition coefficient (Wildman–Crippen LogP) is 2.78. The number of methoxy groups -OCH3 is 1. The highest BCUT2D eigenvalue weighted by Gasteiger charge is 2.19. The Morgan fingerprint density at radius 3 is 2.76 bits per heavy atom. The molecule has 2 amide bonds. The normalized spacial score (nSPS) is 15.4. The van der Waals surface area contributed by atoms with E-state index in [1.165, 1.54) is 11.1 Å². The van der Waals surface area contributed by atoms with Crippen molar-refractivity contribution in [3.8, 4) is 5.75 Å². The quantitative estimate of drug-likeness (QED) is 0.910. The highest BCUT2D eigenvalue weighted by atomic mass is 16.5. The summed E-state index contributed by atoms with van der Waals surface area (Å²) in [5.74, 6) is 0.855. The van der Waals surface area contributed by atoms with Gasteiger partial charge in [0.15, 0.2) is 0 Å². The lowest BCUT2D eigenvalue weighted by molar-refractivity contribution is 0.198. The van der Waals surface area contributed by atoms with Crippen molar-refractivity contribution < 1.29 is 9.53 Å². The number of aromatic nitrogens is 2. The number of nitrogens with one attached hydrogen (secondary N) is 1. The molecule has 1 aromatic carbocycles. The van der Waals surface area contributed by atoms with Gasteiger partial charge in [-0.1, -0.05) is 18.2 Å². The Bertz CT molecular complexity index is 722. The van der Waals surface area contributed by atoms with Crippen molar-refractivity contribution in [2.45, 2.75) is 25.9 Å². The third-order valence-corrected chi connectivity index (χ3v) is 4.37. The second kappa shape index (κ2) is 7.88. The van der Waals surface area contributed by atoms with Gasteiger partial charge in [-0.25, -0.2) is 9.78 Å². The largest absolute Gasteiger partial charge is 0.497 e. The summed E-state index contributed by atoms with van der Waals surface area (Å²) in [7, 11) is 1.67. The number of carbonyl (C=O) groups is 1. The number of nitrogens with zero attached hydrogens (tertiary/aromatic N) is 3. The third-order valence-electron chi connectivity index (χ3n) is 4.37. The van der Waals surface area contributed by atoms with Gasteiger partial charge in [-0.15, -0.1) is 0 Å². The molecule has 2 aromatic rings. The molecule has 0 bridgehead atoms. The zero-order chi connectivity index (χ0) is 17.6. The zero-order valence-electron chi connectivity index (χ0n) is 14.7. The maximum atomic E-state index is 12.4. The van der Waals surface area contributed by atoms with Crippen LogP contribution >= 0.6 is 0 Å². The van der Waals surface area contributed by atoms with Crippen LogP contribution in [0.15, 0.2) is 49.1 Å². The summed E-state index contributed by atoms with van der Waals surface area (Å²) in [5.41, 5.74) is 2.47. The number of amides is 2. The molecule has 0 fully saturated rings. The molecule has 1 aliphatic rings. The van der Waals surface area contributed by atoms with Crippen molar-refractivity contribution in [2.24, 2.45) is 0 Å². The molecule has 25 heavy (non-hydrogen) atoms. The van der Waals surface area contributed by atoms with Crippen LogP contribution in [0.5, 0.6) is 5.75 Å². The SMILES string of the molecule is COc1ccc(C2=CCN(C(=O)N[C@@H](C)Cn3ccnc3)CC2)cc1. The second-order valence-electron chi connectivity index (χ2n) is 6.26. The van der Waals surface area contributed by atoms with Gasteiger partial charge in [0.05, 0.1) is 13.4 Å². The lowest BCUT2D eigenvalue weighted by atomic mass is 9.99. The number of hydrogen-bond acceptors (Lipinski definition) is 3. The summed E-state index contributed by atoms with van der Waals surface area (Å²) in [6.07, 6.45) is 8.38. The van der Waals surface area contributed by atoms with E-state index in [1.807, 2.05) is 34.7 Å². The number of carbonyl (C=O) groups excluding carboxylic acids is 1. The Kier molecular flexibility index (Phi) is 5.38. The van der Waals surface area contributed by atoms with Gasteiger partial charge in [0, 0.05) is 38.1 Å². The first kappa shape index (κ1) is 17.1. The van der Waals surface area contributed by atoms with Gasteiger partial charge < -0.3 is 19.5 Å². The van der Waals surface area contributed by atoms with Crippen LogP contribution in [0.2, 0.25) is 0 Å². The Hall–Kier alpha value is -2.76. The molecule has 0 saturated carbocycles. The standard InChI is InChI=1S/C19H24N4O2/c1-15(13-22-12-9-20-14-22)21-19(24)23-10-7-17(8-11-23)16-3-5-18(25-2)6-4-16/h3-7,9,12,14-15H,8,10-11,13H2,1-2H3,(H,21,24)/t15-/m0/s1. The van der Waals surface area contributed by atoms with Gasteiger partial charge >= 0.3 is 6.03 Å². The molecule has 0 spiro atoms. The van der Waals surface area contributed by atoms with Crippen LogP contribution in [0.3, 0.4) is 0 Å². The van der Waals surface area contributed by atoms with Crippen molar-refractivity contribution in [3.05, 3.63) is 54.6 Å². The second-order valence-corrected chi connectivity index (χ2v) is 6.26. The van der Waals surface area contributed by atoms with Crippen LogP contribution in [0.4, 0.5) is 4.79 Å². The van der Waals surface area contributed by atoms with Crippen LogP contribution in [-0.4, -0.2) is 46.7 Å². The molecule has 1 aromatic heterocycles. The van der Waals surface area contributed by atoms with E-state index in [0.29, 0.717) is 13.1 Å². The molecule has 1 atom stereocenters. The Labute approximate surface area is 148 Å². The van der Waals surface area contributed by atoms with Crippen molar-refractivity contribution >= 4 is 11.6 Å². The molecule has 3 rings (SSSR count). The van der Waals surface area contributed by atoms with E-state index in [4.69, 9.17) is 4.74 Å². The Morgan fingerprint density at radius 2 is 2.16 bits per heavy atom. The van der Waals surface area contributed by atoms with Gasteiger partial charge in [-0.05, 0) is 36.6 Å². The predicted molar refractivity (Wildman–Crippen MR) is 97.4 cm³/mol. The van der Waals surface area contributed by atoms with Gasteiger partial charge in [0.25, 0.3) is 0 Å². The summed E-state index contributed by atoms with van der Waals surface area (Å²) < 4.78 is 7.15. The molecule has 6 heteroatoms. The van der Waals surface area contributed by atoms with Gasteiger partial charge in [0.1, 0.15) is 5.75 Å². The first-order chi connectivity index (χ1) is 12.2. The lowest BCUT2D eigenvalue weighted by Crippen LogP contribution is -2.46. The Balaban J connectivity index is 1.53. The van der Waals surface area contributed by atoms with Crippen molar-refractivity contribution in [1.29, 1.82) is 0 Å². The highest BCUT2D eigenvalue weighted by molar-refractivity contribution is 5.77. The minimum absolute atomic E-state index is 0.0161. The molecule has 0 aliphatic carbocycles. The van der Waals surface area contributed by atoms with E-state index >= 15 is 0 Å². The third kappa shape index (κ3) is 4.41. The van der Waals surface area contributed by atoms with E-state index < -0.39 is 0 Å². The molecular formula is C19H24N4O2. The van der Waals surface area contributed by atoms with Crippen LogP contribution in [0.25, 0.3) is 5.57 Å². The molecule has 1 aliphatic heterocycles. The van der Waals surface area contributed by atoms with Gasteiger partial charge in [-0.3, -0.25) is 0 Å². The van der Waals surface area contributed by atoms with E-state index in [-0.39, 0.29) is 12.1 Å². The molecule has 0 saturated heterocycles. The zero-order valence-corrected chi connectivity index (χ0v) is 14.7. The minimum atomic E-state index is -0.0161. The summed E-state index contributed by atoms with van der Waals surface area (Å²) >= 11 is 0. The number of benzene rings is 1. The average Bonchev–Trinajstić information content (AvgIpc) is 3.14.